The summed E-state index contributed by atoms with van der Waals surface area (Å²) in [4.78, 5) is 29.5. The normalized spacial score (nSPS) is 17.8. The predicted molar refractivity (Wildman–Crippen MR) is 123 cm³/mol. The molecule has 1 unspecified atom stereocenters. The number of aliphatic hydroxyl groups is 1. The van der Waals surface area contributed by atoms with E-state index in [2.05, 4.69) is 0 Å². The molecule has 0 aromatic heterocycles. The van der Waals surface area contributed by atoms with Crippen LogP contribution >= 0.6 is 0 Å². The summed E-state index contributed by atoms with van der Waals surface area (Å²) in [6.07, 6.45) is 0. The van der Waals surface area contributed by atoms with Crippen LogP contribution in [0.1, 0.15) is 29.7 Å². The van der Waals surface area contributed by atoms with E-state index in [1.165, 1.54) is 4.90 Å². The number of benzene rings is 2. The van der Waals surface area contributed by atoms with Gasteiger partial charge in [-0.2, -0.15) is 0 Å². The molecule has 7 nitrogen and oxygen atoms in total. The lowest BCUT2D eigenvalue weighted by Gasteiger charge is -2.26. The maximum Gasteiger partial charge on any atom is 0.295 e. The van der Waals surface area contributed by atoms with Crippen LogP contribution in [0.4, 0.5) is 0 Å². The minimum Gasteiger partial charge on any atom is -0.507 e. The van der Waals surface area contributed by atoms with E-state index in [9.17, 15) is 14.7 Å². The Bertz CT molecular complexity index is 1030. The maximum atomic E-state index is 13.1. The number of methoxy groups -OCH3 is 1. The third-order valence-corrected chi connectivity index (χ3v) is 5.52. The number of aryl methyl sites for hydroxylation is 1. The zero-order valence-corrected chi connectivity index (χ0v) is 19.2. The first-order chi connectivity index (χ1) is 15.3. The van der Waals surface area contributed by atoms with Gasteiger partial charge < -0.3 is 24.4 Å². The average Bonchev–Trinajstić information content (AvgIpc) is 3.02. The van der Waals surface area contributed by atoms with Gasteiger partial charge in [-0.3, -0.25) is 9.59 Å². The third-order valence-electron chi connectivity index (χ3n) is 5.52. The number of carbonyl (C=O) groups excluding carboxylic acids is 2. The summed E-state index contributed by atoms with van der Waals surface area (Å²) in [5.41, 5.74) is 2.07. The van der Waals surface area contributed by atoms with E-state index in [1.54, 1.807) is 31.4 Å². The van der Waals surface area contributed by atoms with Crippen LogP contribution in [0.5, 0.6) is 11.5 Å². The Balaban J connectivity index is 2.13. The lowest BCUT2D eigenvalue weighted by atomic mass is 9.94. The number of likely N-dealkylation sites (N-methyl/N-ethyl adjacent to an activating group) is 1. The smallest absolute Gasteiger partial charge is 0.295 e. The molecule has 0 aliphatic carbocycles. The Hall–Kier alpha value is -3.32. The fraction of sp³-hybridized carbons (Fsp3) is 0.360. The van der Waals surface area contributed by atoms with Crippen molar-refractivity contribution in [1.82, 2.24) is 9.80 Å². The minimum absolute atomic E-state index is 0.0891. The monoisotopic (exact) mass is 438 g/mol. The summed E-state index contributed by atoms with van der Waals surface area (Å²) in [6, 6.07) is 11.8. The molecule has 0 radical (unpaired) electrons. The van der Waals surface area contributed by atoms with Gasteiger partial charge in [0, 0.05) is 18.7 Å². The Morgan fingerprint density at radius 2 is 1.75 bits per heavy atom. The van der Waals surface area contributed by atoms with Crippen LogP contribution in [-0.2, 0) is 9.59 Å². The summed E-state index contributed by atoms with van der Waals surface area (Å²) in [5, 5.41) is 11.2. The quantitative estimate of drug-likeness (QED) is 0.387. The van der Waals surface area contributed by atoms with Crippen molar-refractivity contribution in [3.63, 3.8) is 0 Å². The second-order valence-electron chi connectivity index (χ2n) is 7.98. The first-order valence-electron chi connectivity index (χ1n) is 10.6. The van der Waals surface area contributed by atoms with Crippen molar-refractivity contribution < 1.29 is 24.2 Å². The number of hydrogen-bond acceptors (Lipinski definition) is 6. The minimum atomic E-state index is -0.688. The SMILES string of the molecule is CCOc1ccc(C(O)=C2C(=O)C(=O)N(CCN(C)C)C2c2ccc(OC)cc2)c(C)c1. The van der Waals surface area contributed by atoms with Crippen molar-refractivity contribution in [2.45, 2.75) is 19.9 Å². The molecule has 7 heteroatoms. The second-order valence-corrected chi connectivity index (χ2v) is 7.98. The number of Topliss-reactive ketones (excluding diaryl/α,β-unsaturated/α-hetero) is 1. The molecule has 0 saturated carbocycles. The molecule has 3 rings (SSSR count). The molecule has 1 heterocycles. The molecule has 0 bridgehead atoms. The Morgan fingerprint density at radius 3 is 2.31 bits per heavy atom. The van der Waals surface area contributed by atoms with Gasteiger partial charge >= 0.3 is 0 Å². The van der Waals surface area contributed by atoms with Crippen molar-refractivity contribution in [3.05, 3.63) is 64.7 Å². The highest BCUT2D eigenvalue weighted by Gasteiger charge is 2.46. The largest absolute Gasteiger partial charge is 0.507 e. The number of nitrogens with zero attached hydrogens (tertiary/aromatic N) is 2. The fourth-order valence-electron chi connectivity index (χ4n) is 3.85. The Labute approximate surface area is 188 Å². The number of aliphatic hydroxyl groups excluding tert-OH is 1. The average molecular weight is 439 g/mol. The molecule has 1 saturated heterocycles. The van der Waals surface area contributed by atoms with E-state index < -0.39 is 17.7 Å². The topological polar surface area (TPSA) is 79.3 Å². The van der Waals surface area contributed by atoms with Crippen molar-refractivity contribution in [2.24, 2.45) is 0 Å². The molecular formula is C25H30N2O5. The second kappa shape index (κ2) is 9.87. The van der Waals surface area contributed by atoms with Gasteiger partial charge in [-0.1, -0.05) is 12.1 Å². The zero-order valence-electron chi connectivity index (χ0n) is 19.2. The van der Waals surface area contributed by atoms with Gasteiger partial charge in [0.05, 0.1) is 25.3 Å². The summed E-state index contributed by atoms with van der Waals surface area (Å²) in [5.74, 6) is -0.133. The molecule has 32 heavy (non-hydrogen) atoms. The molecule has 2 aromatic carbocycles. The van der Waals surface area contributed by atoms with E-state index in [0.717, 1.165) is 11.1 Å². The molecule has 1 atom stereocenters. The first-order valence-corrected chi connectivity index (χ1v) is 10.6. The molecule has 1 aliphatic heterocycles. The van der Waals surface area contributed by atoms with Gasteiger partial charge in [0.2, 0.25) is 0 Å². The highest BCUT2D eigenvalue weighted by molar-refractivity contribution is 6.46. The molecule has 1 fully saturated rings. The van der Waals surface area contributed by atoms with Gasteiger partial charge in [0.15, 0.2) is 0 Å². The number of ketones is 1. The van der Waals surface area contributed by atoms with E-state index in [-0.39, 0.29) is 11.3 Å². The van der Waals surface area contributed by atoms with Gasteiger partial charge in [0.1, 0.15) is 17.3 Å². The van der Waals surface area contributed by atoms with Crippen molar-refractivity contribution in [1.29, 1.82) is 0 Å². The standard InChI is InChI=1S/C25H30N2O5/c1-6-32-19-11-12-20(16(2)15-19)23(28)21-22(17-7-9-18(31-5)10-8-17)27(14-13-26(3)4)25(30)24(21)29/h7-12,15,22,28H,6,13-14H2,1-5H3. The van der Waals surface area contributed by atoms with Crippen LogP contribution in [0.2, 0.25) is 0 Å². The van der Waals surface area contributed by atoms with E-state index in [1.807, 2.05) is 51.0 Å². The number of amides is 1. The Kier molecular flexibility index (Phi) is 7.20. The molecule has 1 aliphatic rings. The van der Waals surface area contributed by atoms with E-state index >= 15 is 0 Å². The third kappa shape index (κ3) is 4.62. The van der Waals surface area contributed by atoms with E-state index in [4.69, 9.17) is 9.47 Å². The number of ether oxygens (including phenoxy) is 2. The van der Waals surface area contributed by atoms with Crippen LogP contribution in [0.25, 0.3) is 5.76 Å². The molecule has 1 N–H and O–H groups in total. The molecule has 170 valence electrons. The maximum absolute atomic E-state index is 13.1. The van der Waals surface area contributed by atoms with Crippen molar-refractivity contribution in [3.8, 4) is 11.5 Å². The van der Waals surface area contributed by atoms with Gasteiger partial charge in [-0.15, -0.1) is 0 Å². The number of rotatable bonds is 8. The highest BCUT2D eigenvalue weighted by Crippen LogP contribution is 2.40. The summed E-state index contributed by atoms with van der Waals surface area (Å²) in [6.45, 7) is 5.20. The number of carbonyl (C=O) groups is 2. The number of hydrogen-bond donors (Lipinski definition) is 1. The molecule has 2 aromatic rings. The summed E-state index contributed by atoms with van der Waals surface area (Å²) >= 11 is 0. The lowest BCUT2D eigenvalue weighted by molar-refractivity contribution is -0.140. The highest BCUT2D eigenvalue weighted by atomic mass is 16.5. The van der Waals surface area contributed by atoms with Gasteiger partial charge in [-0.25, -0.2) is 0 Å². The van der Waals surface area contributed by atoms with Crippen molar-refractivity contribution in [2.75, 3.05) is 40.9 Å². The van der Waals surface area contributed by atoms with Gasteiger partial charge in [-0.05, 0) is 69.4 Å². The lowest BCUT2D eigenvalue weighted by Crippen LogP contribution is -2.35. The zero-order chi connectivity index (χ0) is 23.4. The fourth-order valence-corrected chi connectivity index (χ4v) is 3.85. The van der Waals surface area contributed by atoms with Crippen LogP contribution in [0.15, 0.2) is 48.0 Å². The van der Waals surface area contributed by atoms with Crippen molar-refractivity contribution >= 4 is 17.4 Å². The number of likely N-dealkylation sites (tertiary alicyclic amines) is 1. The Morgan fingerprint density at radius 1 is 1.09 bits per heavy atom. The summed E-state index contributed by atoms with van der Waals surface area (Å²) < 4.78 is 10.8. The van der Waals surface area contributed by atoms with Crippen LogP contribution < -0.4 is 9.47 Å². The molecular weight excluding hydrogens is 408 g/mol. The first kappa shape index (κ1) is 23.3. The predicted octanol–water partition coefficient (Wildman–Crippen LogP) is 3.39. The van der Waals surface area contributed by atoms with Crippen LogP contribution in [0.3, 0.4) is 0 Å². The van der Waals surface area contributed by atoms with Crippen LogP contribution in [0, 0.1) is 6.92 Å². The van der Waals surface area contributed by atoms with Crippen LogP contribution in [-0.4, -0.2) is 67.5 Å². The van der Waals surface area contributed by atoms with Gasteiger partial charge in [0.25, 0.3) is 11.7 Å². The molecule has 0 spiro atoms. The molecule has 1 amide bonds. The van der Waals surface area contributed by atoms with E-state index in [0.29, 0.717) is 36.8 Å². The summed E-state index contributed by atoms with van der Waals surface area (Å²) in [7, 11) is 5.39.